The molecule has 0 fully saturated rings. The third-order valence-electron chi connectivity index (χ3n) is 6.09. The summed E-state index contributed by atoms with van der Waals surface area (Å²) in [5.74, 6) is -0.286. The summed E-state index contributed by atoms with van der Waals surface area (Å²) in [6.07, 6.45) is 3.33. The Labute approximate surface area is 228 Å². The fourth-order valence-corrected chi connectivity index (χ4v) is 4.31. The largest absolute Gasteiger partial charge is 0.494 e. The van der Waals surface area contributed by atoms with Crippen molar-refractivity contribution in [2.45, 2.75) is 26.8 Å². The summed E-state index contributed by atoms with van der Waals surface area (Å²) < 4.78 is 41.9. The van der Waals surface area contributed by atoms with E-state index in [4.69, 9.17) is 9.47 Å². The van der Waals surface area contributed by atoms with E-state index >= 15 is 0 Å². The average molecular weight is 545 g/mol. The lowest BCUT2D eigenvalue weighted by molar-refractivity contribution is -0.116. The van der Waals surface area contributed by atoms with Gasteiger partial charge in [-0.25, -0.2) is 18.7 Å². The van der Waals surface area contributed by atoms with Gasteiger partial charge in [0.2, 0.25) is 0 Å². The van der Waals surface area contributed by atoms with Crippen molar-refractivity contribution in [1.82, 2.24) is 24.7 Å². The number of ether oxygens (including phenoxy) is 2. The Balaban J connectivity index is 1.53. The molecule has 3 aromatic heterocycles. The summed E-state index contributed by atoms with van der Waals surface area (Å²) in [5.41, 5.74) is 2.22. The van der Waals surface area contributed by atoms with Crippen LogP contribution in [0.2, 0.25) is 0 Å². The maximum atomic E-state index is 14.9. The minimum Gasteiger partial charge on any atom is -0.494 e. The van der Waals surface area contributed by atoms with Crippen LogP contribution in [0.5, 0.6) is 11.5 Å². The Morgan fingerprint density at radius 2 is 1.85 bits per heavy atom. The highest BCUT2D eigenvalue weighted by Crippen LogP contribution is 2.32. The predicted octanol–water partition coefficient (Wildman–Crippen LogP) is 5.50. The normalized spacial score (nSPS) is 11.0. The number of anilines is 2. The molecular formula is C29H26F2N6O3. The monoisotopic (exact) mass is 544 g/mol. The molecule has 5 aromatic rings. The predicted molar refractivity (Wildman–Crippen MR) is 146 cm³/mol. The summed E-state index contributed by atoms with van der Waals surface area (Å²) in [7, 11) is 1.50. The Kier molecular flexibility index (Phi) is 7.63. The molecule has 0 aliphatic rings. The van der Waals surface area contributed by atoms with Crippen LogP contribution in [-0.4, -0.2) is 44.2 Å². The van der Waals surface area contributed by atoms with Gasteiger partial charge in [-0.05, 0) is 32.0 Å². The van der Waals surface area contributed by atoms with Crippen LogP contribution in [0.15, 0.2) is 60.9 Å². The van der Waals surface area contributed by atoms with Crippen molar-refractivity contribution in [2.75, 3.05) is 19.0 Å². The van der Waals surface area contributed by atoms with Crippen molar-refractivity contribution < 1.29 is 23.0 Å². The Morgan fingerprint density at radius 3 is 2.58 bits per heavy atom. The zero-order chi connectivity index (χ0) is 28.2. The lowest BCUT2D eigenvalue weighted by Gasteiger charge is -2.11. The number of Topliss-reactive ketones (excluding diaryl/α,β-unsaturated/α-hetero) is 1. The molecule has 0 spiro atoms. The second-order valence-corrected chi connectivity index (χ2v) is 8.97. The van der Waals surface area contributed by atoms with Gasteiger partial charge >= 0.3 is 0 Å². The van der Waals surface area contributed by atoms with Crippen LogP contribution in [-0.2, 0) is 17.8 Å². The number of halogens is 2. The van der Waals surface area contributed by atoms with Gasteiger partial charge in [0.15, 0.2) is 17.4 Å². The van der Waals surface area contributed by atoms with Gasteiger partial charge in [-0.1, -0.05) is 18.2 Å². The molecule has 9 nitrogen and oxygen atoms in total. The SMILES string of the molecule is CCOc1cc(F)c(Cn2nc(-c3ncc(OC)c(Nc4ccnc(CC(C)=O)c4)n3)c3ccccc32)c(F)c1. The smallest absolute Gasteiger partial charge is 0.183 e. The lowest BCUT2D eigenvalue weighted by Crippen LogP contribution is -2.07. The van der Waals surface area contributed by atoms with E-state index in [1.165, 1.54) is 37.0 Å². The van der Waals surface area contributed by atoms with Gasteiger partial charge in [-0.3, -0.25) is 14.5 Å². The topological polar surface area (TPSA) is 104 Å². The summed E-state index contributed by atoms with van der Waals surface area (Å²) in [5, 5.41) is 8.56. The van der Waals surface area contributed by atoms with Crippen LogP contribution in [0.3, 0.4) is 0 Å². The number of benzene rings is 2. The standard InChI is InChI=1S/C29H26F2N6O3/c1-4-40-20-13-23(30)22(24(31)14-20)16-37-25-8-6-5-7-21(25)27(36-37)29-33-15-26(39-3)28(35-29)34-18-9-10-32-19(12-18)11-17(2)38/h5-10,12-15H,4,11,16H2,1-3H3,(H,32,33,34,35). The molecule has 0 aliphatic carbocycles. The molecule has 11 heteroatoms. The van der Waals surface area contributed by atoms with Gasteiger partial charge in [0, 0.05) is 47.1 Å². The van der Waals surface area contributed by atoms with Gasteiger partial charge in [0.05, 0.1) is 32.0 Å². The van der Waals surface area contributed by atoms with Gasteiger partial charge in [0.1, 0.15) is 28.9 Å². The lowest BCUT2D eigenvalue weighted by atomic mass is 10.1. The van der Waals surface area contributed by atoms with Crippen LogP contribution < -0.4 is 14.8 Å². The molecule has 5 rings (SSSR count). The van der Waals surface area contributed by atoms with Crippen molar-refractivity contribution in [2.24, 2.45) is 0 Å². The fourth-order valence-electron chi connectivity index (χ4n) is 4.31. The second kappa shape index (κ2) is 11.4. The van der Waals surface area contributed by atoms with E-state index in [1.807, 2.05) is 24.3 Å². The van der Waals surface area contributed by atoms with Crippen molar-refractivity contribution in [3.63, 3.8) is 0 Å². The number of methoxy groups -OCH3 is 1. The molecule has 2 aromatic carbocycles. The number of hydrogen-bond donors (Lipinski definition) is 1. The Morgan fingerprint density at radius 1 is 1.07 bits per heavy atom. The number of nitrogens with zero attached hydrogens (tertiary/aromatic N) is 5. The first-order chi connectivity index (χ1) is 19.4. The number of ketones is 1. The molecule has 40 heavy (non-hydrogen) atoms. The molecule has 1 N–H and O–H groups in total. The third kappa shape index (κ3) is 5.58. The van der Waals surface area contributed by atoms with Crippen molar-refractivity contribution in [1.29, 1.82) is 0 Å². The van der Waals surface area contributed by atoms with Gasteiger partial charge in [-0.15, -0.1) is 0 Å². The summed E-state index contributed by atoms with van der Waals surface area (Å²) in [6.45, 7) is 3.39. The number of hydrogen-bond acceptors (Lipinski definition) is 8. The Hall–Kier alpha value is -4.93. The maximum Gasteiger partial charge on any atom is 0.183 e. The number of para-hydroxylation sites is 1. The number of carbonyl (C=O) groups is 1. The number of carbonyl (C=O) groups excluding carboxylic acids is 1. The number of rotatable bonds is 10. The number of nitrogens with one attached hydrogen (secondary N) is 1. The molecule has 0 unspecified atom stereocenters. The van der Waals surface area contributed by atoms with Crippen molar-refractivity contribution in [3.05, 3.63) is 83.8 Å². The maximum absolute atomic E-state index is 14.9. The molecule has 3 heterocycles. The third-order valence-corrected chi connectivity index (χ3v) is 6.09. The molecule has 0 aliphatic heterocycles. The van der Waals surface area contributed by atoms with Crippen LogP contribution in [0.4, 0.5) is 20.3 Å². The van der Waals surface area contributed by atoms with Crippen LogP contribution in [0.25, 0.3) is 22.4 Å². The minimum absolute atomic E-state index is 0.000911. The van der Waals surface area contributed by atoms with E-state index in [2.05, 4.69) is 25.4 Å². The van der Waals surface area contributed by atoms with E-state index in [0.29, 0.717) is 46.2 Å². The molecule has 204 valence electrons. The highest BCUT2D eigenvalue weighted by Gasteiger charge is 2.20. The molecule has 0 bridgehead atoms. The van der Waals surface area contributed by atoms with Gasteiger partial charge < -0.3 is 14.8 Å². The number of aromatic nitrogens is 5. The van der Waals surface area contributed by atoms with Crippen LogP contribution in [0.1, 0.15) is 25.1 Å². The molecule has 0 saturated carbocycles. The highest BCUT2D eigenvalue weighted by atomic mass is 19.1. The number of pyridine rings is 1. The quantitative estimate of drug-likeness (QED) is 0.246. The average Bonchev–Trinajstić information content (AvgIpc) is 3.29. The first kappa shape index (κ1) is 26.7. The number of fused-ring (bicyclic) bond motifs is 1. The zero-order valence-electron chi connectivity index (χ0n) is 22.1. The first-order valence-electron chi connectivity index (χ1n) is 12.5. The van der Waals surface area contributed by atoms with Crippen LogP contribution in [0, 0.1) is 11.6 Å². The van der Waals surface area contributed by atoms with Crippen molar-refractivity contribution in [3.8, 4) is 23.0 Å². The Bertz CT molecular complexity index is 1680. The highest BCUT2D eigenvalue weighted by molar-refractivity contribution is 5.92. The van der Waals surface area contributed by atoms with E-state index < -0.39 is 11.6 Å². The summed E-state index contributed by atoms with van der Waals surface area (Å²) in [6, 6.07) is 13.1. The molecule has 0 saturated heterocycles. The second-order valence-electron chi connectivity index (χ2n) is 8.97. The van der Waals surface area contributed by atoms with E-state index in [0.717, 1.165) is 0 Å². The fraction of sp³-hybridized carbons (Fsp3) is 0.207. The zero-order valence-corrected chi connectivity index (χ0v) is 22.1. The molecule has 0 amide bonds. The minimum atomic E-state index is -0.724. The van der Waals surface area contributed by atoms with E-state index in [-0.39, 0.29) is 35.9 Å². The van der Waals surface area contributed by atoms with Gasteiger partial charge in [-0.2, -0.15) is 5.10 Å². The van der Waals surface area contributed by atoms with E-state index in [9.17, 15) is 13.6 Å². The summed E-state index contributed by atoms with van der Waals surface area (Å²) >= 11 is 0. The molecule has 0 atom stereocenters. The van der Waals surface area contributed by atoms with Crippen LogP contribution >= 0.6 is 0 Å². The molecule has 0 radical (unpaired) electrons. The van der Waals surface area contributed by atoms with Gasteiger partial charge in [0.25, 0.3) is 0 Å². The molecular weight excluding hydrogens is 518 g/mol. The van der Waals surface area contributed by atoms with Crippen molar-refractivity contribution >= 4 is 28.2 Å². The summed E-state index contributed by atoms with van der Waals surface area (Å²) in [4.78, 5) is 24.9. The first-order valence-corrected chi connectivity index (χ1v) is 12.5. The van der Waals surface area contributed by atoms with E-state index in [1.54, 1.807) is 25.3 Å².